The van der Waals surface area contributed by atoms with Gasteiger partial charge in [0, 0.05) is 54.0 Å². The molecule has 170 valence electrons. The third kappa shape index (κ3) is 3.65. The van der Waals surface area contributed by atoms with Gasteiger partial charge in [0.2, 0.25) is 5.72 Å². The lowest BCUT2D eigenvalue weighted by Gasteiger charge is -2.51. The number of ether oxygens (including phenoxy) is 3. The molecule has 3 heterocycles. The summed E-state index contributed by atoms with van der Waals surface area (Å²) in [5.74, 6) is 2.54. The SMILES string of the molecule is CCCN1CCC2(CC1)Oc1ccc(Br)cc1C1CC(c3ccc(OC)cc3OC)=NN12. The zero-order valence-electron chi connectivity index (χ0n) is 18.9. The normalized spacial score (nSPS) is 21.6. The van der Waals surface area contributed by atoms with Crippen LogP contribution in [-0.4, -0.2) is 55.2 Å². The van der Waals surface area contributed by atoms with Gasteiger partial charge in [0.15, 0.2) is 0 Å². The number of piperidine rings is 1. The number of hydrogen-bond acceptors (Lipinski definition) is 6. The zero-order chi connectivity index (χ0) is 22.3. The fourth-order valence-corrected chi connectivity index (χ4v) is 5.60. The Morgan fingerprint density at radius 1 is 1.12 bits per heavy atom. The Morgan fingerprint density at radius 3 is 2.66 bits per heavy atom. The van der Waals surface area contributed by atoms with Crippen LogP contribution in [-0.2, 0) is 0 Å². The quantitative estimate of drug-likeness (QED) is 0.564. The van der Waals surface area contributed by atoms with Crippen LogP contribution in [0.3, 0.4) is 0 Å². The van der Waals surface area contributed by atoms with Crippen molar-refractivity contribution in [1.82, 2.24) is 9.91 Å². The molecule has 5 rings (SSSR count). The van der Waals surface area contributed by atoms with Gasteiger partial charge in [-0.3, -0.25) is 0 Å². The number of fused-ring (bicyclic) bond motifs is 4. The van der Waals surface area contributed by atoms with Gasteiger partial charge in [0.05, 0.1) is 26.0 Å². The predicted molar refractivity (Wildman–Crippen MR) is 129 cm³/mol. The summed E-state index contributed by atoms with van der Waals surface area (Å²) in [4.78, 5) is 2.54. The molecule has 1 spiro atoms. The van der Waals surface area contributed by atoms with Gasteiger partial charge >= 0.3 is 0 Å². The van der Waals surface area contributed by atoms with Gasteiger partial charge in [-0.1, -0.05) is 22.9 Å². The first-order valence-electron chi connectivity index (χ1n) is 11.4. The molecule has 0 N–H and O–H groups in total. The standard InChI is InChI=1S/C25H30BrN3O3/c1-4-11-28-12-9-25(10-13-28)29-22(20-14-17(26)5-8-23(20)32-25)16-21(27-29)19-7-6-18(30-2)15-24(19)31-3/h5-8,14-15,22H,4,9-13,16H2,1-3H3. The summed E-state index contributed by atoms with van der Waals surface area (Å²) in [5.41, 5.74) is 2.82. The highest BCUT2D eigenvalue weighted by Gasteiger charge is 2.52. The second kappa shape index (κ2) is 8.60. The number of hydrogen-bond donors (Lipinski definition) is 0. The van der Waals surface area contributed by atoms with Crippen LogP contribution in [0.1, 0.15) is 49.8 Å². The lowest BCUT2D eigenvalue weighted by atomic mass is 9.90. The first-order chi connectivity index (χ1) is 15.6. The van der Waals surface area contributed by atoms with E-state index >= 15 is 0 Å². The minimum absolute atomic E-state index is 0.149. The van der Waals surface area contributed by atoms with E-state index in [0.717, 1.165) is 71.9 Å². The van der Waals surface area contributed by atoms with Crippen molar-refractivity contribution in [1.29, 1.82) is 0 Å². The number of hydrazone groups is 1. The molecule has 1 saturated heterocycles. The number of nitrogens with zero attached hydrogens (tertiary/aromatic N) is 3. The first-order valence-corrected chi connectivity index (χ1v) is 12.2. The molecule has 0 aliphatic carbocycles. The van der Waals surface area contributed by atoms with E-state index in [9.17, 15) is 0 Å². The van der Waals surface area contributed by atoms with Gasteiger partial charge in [0.25, 0.3) is 0 Å². The number of methoxy groups -OCH3 is 2. The zero-order valence-corrected chi connectivity index (χ0v) is 20.5. The fourth-order valence-electron chi connectivity index (χ4n) is 5.23. The lowest BCUT2D eigenvalue weighted by molar-refractivity contribution is -0.149. The second-order valence-electron chi connectivity index (χ2n) is 8.75. The Hall–Kier alpha value is -2.25. The van der Waals surface area contributed by atoms with Gasteiger partial charge in [-0.15, -0.1) is 0 Å². The van der Waals surface area contributed by atoms with Crippen LogP contribution in [0.2, 0.25) is 0 Å². The summed E-state index contributed by atoms with van der Waals surface area (Å²) in [5, 5.41) is 7.45. The first kappa shape index (κ1) is 21.6. The highest BCUT2D eigenvalue weighted by atomic mass is 79.9. The molecule has 2 aromatic carbocycles. The van der Waals surface area contributed by atoms with E-state index in [4.69, 9.17) is 19.3 Å². The third-order valence-corrected chi connectivity index (χ3v) is 7.35. The molecule has 2 aromatic rings. The van der Waals surface area contributed by atoms with Crippen molar-refractivity contribution in [3.8, 4) is 17.2 Å². The van der Waals surface area contributed by atoms with Crippen LogP contribution in [0.25, 0.3) is 0 Å². The fraction of sp³-hybridized carbons (Fsp3) is 0.480. The van der Waals surface area contributed by atoms with Crippen molar-refractivity contribution in [3.05, 3.63) is 52.0 Å². The maximum Gasteiger partial charge on any atom is 0.200 e. The summed E-state index contributed by atoms with van der Waals surface area (Å²) in [6, 6.07) is 12.4. The molecule has 6 nitrogen and oxygen atoms in total. The van der Waals surface area contributed by atoms with Crippen LogP contribution in [0, 0.1) is 0 Å². The van der Waals surface area contributed by atoms with Gasteiger partial charge in [-0.2, -0.15) is 5.10 Å². The predicted octanol–water partition coefficient (Wildman–Crippen LogP) is 5.21. The molecule has 0 bridgehead atoms. The van der Waals surface area contributed by atoms with E-state index in [2.05, 4.69) is 51.0 Å². The van der Waals surface area contributed by atoms with Crippen LogP contribution in [0.5, 0.6) is 17.2 Å². The maximum atomic E-state index is 6.75. The molecule has 3 aliphatic rings. The Balaban J connectivity index is 1.54. The molecule has 3 aliphatic heterocycles. The number of rotatable bonds is 5. The Bertz CT molecular complexity index is 1030. The van der Waals surface area contributed by atoms with Crippen molar-refractivity contribution >= 4 is 21.6 Å². The molecule has 0 amide bonds. The van der Waals surface area contributed by atoms with Gasteiger partial charge in [0.1, 0.15) is 17.2 Å². The van der Waals surface area contributed by atoms with E-state index in [1.165, 1.54) is 12.0 Å². The summed E-state index contributed by atoms with van der Waals surface area (Å²) in [6.45, 7) is 5.44. The Labute approximate surface area is 198 Å². The van der Waals surface area contributed by atoms with Crippen molar-refractivity contribution in [2.45, 2.75) is 44.4 Å². The summed E-state index contributed by atoms with van der Waals surface area (Å²) < 4.78 is 18.9. The van der Waals surface area contributed by atoms with Crippen molar-refractivity contribution < 1.29 is 14.2 Å². The Morgan fingerprint density at radius 2 is 1.94 bits per heavy atom. The molecule has 32 heavy (non-hydrogen) atoms. The van der Waals surface area contributed by atoms with E-state index < -0.39 is 5.72 Å². The second-order valence-corrected chi connectivity index (χ2v) is 9.67. The molecular formula is C25H30BrN3O3. The highest BCUT2D eigenvalue weighted by molar-refractivity contribution is 9.10. The van der Waals surface area contributed by atoms with Gasteiger partial charge in [-0.05, 0) is 43.3 Å². The van der Waals surface area contributed by atoms with E-state index in [0.29, 0.717) is 0 Å². The van der Waals surface area contributed by atoms with Crippen molar-refractivity contribution in [3.63, 3.8) is 0 Å². The van der Waals surface area contributed by atoms with Gasteiger partial charge in [-0.25, -0.2) is 5.01 Å². The molecule has 1 atom stereocenters. The average Bonchev–Trinajstić information content (AvgIpc) is 3.27. The smallest absolute Gasteiger partial charge is 0.200 e. The van der Waals surface area contributed by atoms with E-state index in [1.807, 2.05) is 18.2 Å². The van der Waals surface area contributed by atoms with Crippen molar-refractivity contribution in [2.24, 2.45) is 5.10 Å². The van der Waals surface area contributed by atoms with Crippen molar-refractivity contribution in [2.75, 3.05) is 33.9 Å². The van der Waals surface area contributed by atoms with Crippen LogP contribution >= 0.6 is 15.9 Å². The van der Waals surface area contributed by atoms with Crippen LogP contribution < -0.4 is 14.2 Å². The molecule has 1 unspecified atom stereocenters. The van der Waals surface area contributed by atoms with Gasteiger partial charge < -0.3 is 19.1 Å². The van der Waals surface area contributed by atoms with E-state index in [-0.39, 0.29) is 6.04 Å². The monoisotopic (exact) mass is 499 g/mol. The highest BCUT2D eigenvalue weighted by Crippen LogP contribution is 2.51. The summed E-state index contributed by atoms with van der Waals surface area (Å²) in [6.07, 6.45) is 3.87. The number of halogens is 1. The molecule has 7 heteroatoms. The van der Waals surface area contributed by atoms with E-state index in [1.54, 1.807) is 14.2 Å². The molecule has 0 saturated carbocycles. The number of benzene rings is 2. The molecule has 0 radical (unpaired) electrons. The minimum atomic E-state index is -0.406. The molecular weight excluding hydrogens is 470 g/mol. The average molecular weight is 500 g/mol. The third-order valence-electron chi connectivity index (χ3n) is 6.86. The molecule has 0 aromatic heterocycles. The topological polar surface area (TPSA) is 46.5 Å². The minimum Gasteiger partial charge on any atom is -0.497 e. The molecule has 1 fully saturated rings. The number of likely N-dealkylation sites (tertiary alicyclic amines) is 1. The largest absolute Gasteiger partial charge is 0.497 e. The van der Waals surface area contributed by atoms with Crippen LogP contribution in [0.4, 0.5) is 0 Å². The summed E-state index contributed by atoms with van der Waals surface area (Å²) >= 11 is 3.65. The lowest BCUT2D eigenvalue weighted by Crippen LogP contribution is -2.59. The maximum absolute atomic E-state index is 6.75. The van der Waals surface area contributed by atoms with Crippen LogP contribution in [0.15, 0.2) is 46.0 Å². The summed E-state index contributed by atoms with van der Waals surface area (Å²) in [7, 11) is 3.37. The Kier molecular flexibility index (Phi) is 5.80.